The quantitative estimate of drug-likeness (QED) is 0.903. The lowest BCUT2D eigenvalue weighted by Crippen LogP contribution is -2.38. The summed E-state index contributed by atoms with van der Waals surface area (Å²) >= 11 is 5.69. The molecule has 2 aliphatic heterocycles. The second-order valence-corrected chi connectivity index (χ2v) is 7.72. The summed E-state index contributed by atoms with van der Waals surface area (Å²) in [6, 6.07) is 3.96. The van der Waals surface area contributed by atoms with Gasteiger partial charge in [-0.25, -0.2) is 12.8 Å². The lowest BCUT2D eigenvalue weighted by atomic mass is 9.95. The van der Waals surface area contributed by atoms with E-state index < -0.39 is 15.8 Å². The fourth-order valence-electron chi connectivity index (χ4n) is 3.26. The van der Waals surface area contributed by atoms with Gasteiger partial charge in [-0.05, 0) is 44.0 Å². The summed E-state index contributed by atoms with van der Waals surface area (Å²) in [4.78, 5) is -0.329. The number of fused-ring (bicyclic) bond motifs is 1. The minimum Gasteiger partial charge on any atom is -0.316 e. The zero-order valence-corrected chi connectivity index (χ0v) is 12.6. The van der Waals surface area contributed by atoms with Gasteiger partial charge in [-0.1, -0.05) is 17.7 Å². The minimum absolute atomic E-state index is 0.126. The van der Waals surface area contributed by atoms with E-state index >= 15 is 0 Å². The Hall–Kier alpha value is -0.690. The highest BCUT2D eigenvalue weighted by Crippen LogP contribution is 2.37. The van der Waals surface area contributed by atoms with Crippen molar-refractivity contribution in [2.45, 2.75) is 17.9 Å². The SMILES string of the molecule is CC1C2CNCC2CN1S(=O)(=O)c1cccc(Cl)c1F. The molecule has 0 aliphatic carbocycles. The van der Waals surface area contributed by atoms with Crippen LogP contribution in [0.25, 0.3) is 0 Å². The first-order valence-corrected chi connectivity index (χ1v) is 8.41. The van der Waals surface area contributed by atoms with E-state index in [4.69, 9.17) is 11.6 Å². The van der Waals surface area contributed by atoms with Crippen LogP contribution >= 0.6 is 11.6 Å². The summed E-state index contributed by atoms with van der Waals surface area (Å²) in [7, 11) is -3.84. The molecule has 0 saturated carbocycles. The van der Waals surface area contributed by atoms with Crippen molar-refractivity contribution in [2.75, 3.05) is 19.6 Å². The summed E-state index contributed by atoms with van der Waals surface area (Å²) in [5, 5.41) is 3.10. The van der Waals surface area contributed by atoms with Crippen molar-refractivity contribution in [3.05, 3.63) is 29.0 Å². The Labute approximate surface area is 123 Å². The summed E-state index contributed by atoms with van der Waals surface area (Å²) in [5.41, 5.74) is 0. The van der Waals surface area contributed by atoms with E-state index in [0.717, 1.165) is 13.1 Å². The summed E-state index contributed by atoms with van der Waals surface area (Å²) in [6.45, 7) is 3.96. The molecule has 1 aromatic carbocycles. The van der Waals surface area contributed by atoms with Crippen LogP contribution in [0.15, 0.2) is 23.1 Å². The van der Waals surface area contributed by atoms with E-state index in [1.54, 1.807) is 0 Å². The number of halogens is 2. The Balaban J connectivity index is 1.99. The largest absolute Gasteiger partial charge is 0.316 e. The van der Waals surface area contributed by atoms with Crippen molar-refractivity contribution >= 4 is 21.6 Å². The van der Waals surface area contributed by atoms with Crippen molar-refractivity contribution in [3.8, 4) is 0 Å². The Morgan fingerprint density at radius 3 is 2.85 bits per heavy atom. The third-order valence-corrected chi connectivity index (χ3v) is 6.65. The maximum absolute atomic E-state index is 14.0. The molecule has 1 N–H and O–H groups in total. The Morgan fingerprint density at radius 2 is 2.15 bits per heavy atom. The molecule has 2 fully saturated rings. The highest BCUT2D eigenvalue weighted by molar-refractivity contribution is 7.89. The summed E-state index contributed by atoms with van der Waals surface area (Å²) in [5.74, 6) is -0.259. The van der Waals surface area contributed by atoms with Gasteiger partial charge < -0.3 is 5.32 Å². The molecule has 3 rings (SSSR count). The third-order valence-electron chi connectivity index (χ3n) is 4.38. The van der Waals surface area contributed by atoms with E-state index in [-0.39, 0.29) is 16.0 Å². The molecule has 2 heterocycles. The zero-order chi connectivity index (χ0) is 14.5. The van der Waals surface area contributed by atoms with Gasteiger partial charge in [0.25, 0.3) is 0 Å². The van der Waals surface area contributed by atoms with E-state index in [1.165, 1.54) is 22.5 Å². The first-order chi connectivity index (χ1) is 9.43. The fourth-order valence-corrected chi connectivity index (χ4v) is 5.31. The normalized spacial score (nSPS) is 30.6. The molecule has 7 heteroatoms. The number of hydrogen-bond donors (Lipinski definition) is 1. The van der Waals surface area contributed by atoms with E-state index in [1.807, 2.05) is 6.92 Å². The van der Waals surface area contributed by atoms with Gasteiger partial charge in [0, 0.05) is 12.6 Å². The highest BCUT2D eigenvalue weighted by atomic mass is 35.5. The van der Waals surface area contributed by atoms with Crippen LogP contribution in [0.4, 0.5) is 4.39 Å². The highest BCUT2D eigenvalue weighted by Gasteiger charge is 2.47. The van der Waals surface area contributed by atoms with E-state index in [9.17, 15) is 12.8 Å². The van der Waals surface area contributed by atoms with Crippen LogP contribution in [0.5, 0.6) is 0 Å². The Morgan fingerprint density at radius 1 is 1.40 bits per heavy atom. The first kappa shape index (κ1) is 14.3. The van der Waals surface area contributed by atoms with Crippen molar-refractivity contribution < 1.29 is 12.8 Å². The average molecular weight is 319 g/mol. The van der Waals surface area contributed by atoms with Gasteiger partial charge in [0.05, 0.1) is 5.02 Å². The molecule has 3 unspecified atom stereocenters. The van der Waals surface area contributed by atoms with Crippen molar-refractivity contribution in [3.63, 3.8) is 0 Å². The van der Waals surface area contributed by atoms with Gasteiger partial charge in [-0.15, -0.1) is 0 Å². The lowest BCUT2D eigenvalue weighted by molar-refractivity contribution is 0.358. The average Bonchev–Trinajstić information content (AvgIpc) is 2.96. The van der Waals surface area contributed by atoms with Crippen LogP contribution in [0.2, 0.25) is 5.02 Å². The van der Waals surface area contributed by atoms with Crippen LogP contribution in [0.3, 0.4) is 0 Å². The molecule has 0 bridgehead atoms. The van der Waals surface area contributed by atoms with Crippen molar-refractivity contribution in [1.29, 1.82) is 0 Å². The molecule has 0 spiro atoms. The number of rotatable bonds is 2. The molecule has 1 aromatic rings. The second-order valence-electron chi connectivity index (χ2n) is 5.45. The van der Waals surface area contributed by atoms with Gasteiger partial charge in [-0.2, -0.15) is 4.31 Å². The zero-order valence-electron chi connectivity index (χ0n) is 11.0. The van der Waals surface area contributed by atoms with Crippen molar-refractivity contribution in [2.24, 2.45) is 11.8 Å². The molecule has 0 radical (unpaired) electrons. The Kier molecular flexibility index (Phi) is 3.52. The first-order valence-electron chi connectivity index (χ1n) is 6.59. The Bertz CT molecular complexity index is 637. The number of nitrogens with one attached hydrogen (secondary N) is 1. The lowest BCUT2D eigenvalue weighted by Gasteiger charge is -2.24. The second kappa shape index (κ2) is 4.94. The van der Waals surface area contributed by atoms with Gasteiger partial charge in [-0.3, -0.25) is 0 Å². The number of benzene rings is 1. The molecule has 3 atom stereocenters. The van der Waals surface area contributed by atoms with Gasteiger partial charge in [0.15, 0.2) is 5.82 Å². The number of nitrogens with zero attached hydrogens (tertiary/aromatic N) is 1. The standard InChI is InChI=1S/C13H16ClFN2O2S/c1-8-10-6-16-5-9(10)7-17(8)20(18,19)12-4-2-3-11(14)13(12)15/h2-4,8-10,16H,5-7H2,1H3. The summed E-state index contributed by atoms with van der Waals surface area (Å²) < 4.78 is 40.7. The predicted molar refractivity (Wildman–Crippen MR) is 74.6 cm³/mol. The molecular weight excluding hydrogens is 303 g/mol. The molecule has 0 amide bonds. The predicted octanol–water partition coefficient (Wildman–Crippen LogP) is 1.71. The van der Waals surface area contributed by atoms with Crippen LogP contribution in [-0.2, 0) is 10.0 Å². The maximum Gasteiger partial charge on any atom is 0.246 e. The van der Waals surface area contributed by atoms with Crippen LogP contribution < -0.4 is 5.32 Å². The molecule has 0 aromatic heterocycles. The smallest absolute Gasteiger partial charge is 0.246 e. The molecule has 2 saturated heterocycles. The molecule has 2 aliphatic rings. The van der Waals surface area contributed by atoms with Gasteiger partial charge in [0.2, 0.25) is 10.0 Å². The number of hydrogen-bond acceptors (Lipinski definition) is 3. The third kappa shape index (κ3) is 2.06. The van der Waals surface area contributed by atoms with Gasteiger partial charge >= 0.3 is 0 Å². The van der Waals surface area contributed by atoms with Gasteiger partial charge in [0.1, 0.15) is 4.90 Å². The molecule has 4 nitrogen and oxygen atoms in total. The van der Waals surface area contributed by atoms with Crippen LogP contribution in [0, 0.1) is 17.7 Å². The van der Waals surface area contributed by atoms with Crippen molar-refractivity contribution in [1.82, 2.24) is 9.62 Å². The molecular formula is C13H16ClFN2O2S. The van der Waals surface area contributed by atoms with Crippen LogP contribution in [-0.4, -0.2) is 38.4 Å². The minimum atomic E-state index is -3.84. The summed E-state index contributed by atoms with van der Waals surface area (Å²) in [6.07, 6.45) is 0. The maximum atomic E-state index is 14.0. The topological polar surface area (TPSA) is 49.4 Å². The molecule has 20 heavy (non-hydrogen) atoms. The monoisotopic (exact) mass is 318 g/mol. The molecule has 110 valence electrons. The fraction of sp³-hybridized carbons (Fsp3) is 0.538. The van der Waals surface area contributed by atoms with E-state index in [2.05, 4.69) is 5.32 Å². The number of sulfonamides is 1. The van der Waals surface area contributed by atoms with E-state index in [0.29, 0.717) is 18.4 Å². The van der Waals surface area contributed by atoms with Crippen LogP contribution in [0.1, 0.15) is 6.92 Å².